The Morgan fingerprint density at radius 3 is 2.70 bits per heavy atom. The number of benzene rings is 2. The van der Waals surface area contributed by atoms with Crippen LogP contribution in [0.15, 0.2) is 60.0 Å². The second-order valence-corrected chi connectivity index (χ2v) is 8.15. The molecule has 1 amide bonds. The first kappa shape index (κ1) is 17.7. The molecule has 4 nitrogen and oxygen atoms in total. The van der Waals surface area contributed by atoms with E-state index in [0.717, 1.165) is 28.8 Å². The van der Waals surface area contributed by atoms with Gasteiger partial charge in [0.1, 0.15) is 5.75 Å². The second-order valence-electron chi connectivity index (χ2n) is 6.08. The Morgan fingerprint density at radius 1 is 1.11 bits per heavy atom. The Labute approximate surface area is 165 Å². The molecule has 0 aliphatic rings. The van der Waals surface area contributed by atoms with E-state index in [0.29, 0.717) is 10.7 Å². The molecule has 0 unspecified atom stereocenters. The third-order valence-corrected chi connectivity index (χ3v) is 6.14. The van der Waals surface area contributed by atoms with Crippen LogP contribution in [0.1, 0.15) is 20.8 Å². The molecule has 0 aliphatic heterocycles. The number of nitrogens with zero attached hydrogens (tertiary/aromatic N) is 1. The highest BCUT2D eigenvalue weighted by molar-refractivity contribution is 7.22. The fourth-order valence-electron chi connectivity index (χ4n) is 2.80. The van der Waals surface area contributed by atoms with Gasteiger partial charge in [-0.1, -0.05) is 29.5 Å². The lowest BCUT2D eigenvalue weighted by atomic mass is 10.1. The third-order valence-electron chi connectivity index (χ3n) is 4.27. The average molecular weight is 395 g/mol. The third kappa shape index (κ3) is 4.18. The molecule has 136 valence electrons. The van der Waals surface area contributed by atoms with Crippen LogP contribution in [0.5, 0.6) is 5.75 Å². The first-order chi connectivity index (χ1) is 13.2. The van der Waals surface area contributed by atoms with E-state index in [-0.39, 0.29) is 5.91 Å². The lowest BCUT2D eigenvalue weighted by molar-refractivity contribution is 0.102. The summed E-state index contributed by atoms with van der Waals surface area (Å²) < 4.78 is 6.21. The van der Waals surface area contributed by atoms with Gasteiger partial charge in [-0.2, -0.15) is 0 Å². The average Bonchev–Trinajstić information content (AvgIpc) is 3.35. The van der Waals surface area contributed by atoms with Crippen molar-refractivity contribution in [1.82, 2.24) is 4.98 Å². The molecule has 4 rings (SSSR count). The molecule has 0 spiro atoms. The maximum atomic E-state index is 12.5. The van der Waals surface area contributed by atoms with Crippen molar-refractivity contribution in [3.05, 3.63) is 76.0 Å². The highest BCUT2D eigenvalue weighted by atomic mass is 32.1. The molecule has 0 bridgehead atoms. The number of hydrogen-bond donors (Lipinski definition) is 1. The van der Waals surface area contributed by atoms with E-state index in [4.69, 9.17) is 4.74 Å². The number of amides is 1. The highest BCUT2D eigenvalue weighted by Gasteiger charge is 2.10. The van der Waals surface area contributed by atoms with Crippen LogP contribution in [0.25, 0.3) is 10.2 Å². The number of nitrogens with one attached hydrogen (secondary N) is 1. The molecule has 0 atom stereocenters. The monoisotopic (exact) mass is 394 g/mol. The van der Waals surface area contributed by atoms with Crippen molar-refractivity contribution < 1.29 is 9.53 Å². The molecule has 2 heterocycles. The van der Waals surface area contributed by atoms with Gasteiger partial charge in [0.05, 0.1) is 17.3 Å². The number of ether oxygens (including phenoxy) is 1. The van der Waals surface area contributed by atoms with E-state index in [9.17, 15) is 4.79 Å². The number of aryl methyl sites for hydroxylation is 2. The number of fused-ring (bicyclic) bond motifs is 1. The van der Waals surface area contributed by atoms with Gasteiger partial charge in [-0.25, -0.2) is 4.98 Å². The highest BCUT2D eigenvalue weighted by Crippen LogP contribution is 2.29. The van der Waals surface area contributed by atoms with Gasteiger partial charge >= 0.3 is 0 Å². The standard InChI is InChI=1S/C21H18N2O2S2/c1-25-16-9-11-18-19(13-16)27-21(22-18)23-20(24)15-7-4-14(5-8-15)6-10-17-3-2-12-26-17/h2-5,7-9,11-13H,6,10H2,1H3,(H,22,23,24). The predicted octanol–water partition coefficient (Wildman–Crippen LogP) is 5.40. The zero-order valence-corrected chi connectivity index (χ0v) is 16.4. The molecule has 4 aromatic rings. The topological polar surface area (TPSA) is 51.2 Å². The summed E-state index contributed by atoms with van der Waals surface area (Å²) in [4.78, 5) is 18.3. The van der Waals surface area contributed by atoms with E-state index < -0.39 is 0 Å². The van der Waals surface area contributed by atoms with Gasteiger partial charge in [0.15, 0.2) is 5.13 Å². The molecular formula is C21H18N2O2S2. The minimum atomic E-state index is -0.147. The van der Waals surface area contributed by atoms with E-state index in [1.165, 1.54) is 21.8 Å². The summed E-state index contributed by atoms with van der Waals surface area (Å²) in [7, 11) is 1.63. The van der Waals surface area contributed by atoms with Crippen LogP contribution in [0.3, 0.4) is 0 Å². The quantitative estimate of drug-likeness (QED) is 0.476. The Hall–Kier alpha value is -2.70. The zero-order chi connectivity index (χ0) is 18.6. The van der Waals surface area contributed by atoms with E-state index >= 15 is 0 Å². The number of anilines is 1. The molecule has 0 aliphatic carbocycles. The first-order valence-electron chi connectivity index (χ1n) is 8.58. The molecule has 6 heteroatoms. The van der Waals surface area contributed by atoms with Crippen LogP contribution in [0.2, 0.25) is 0 Å². The molecule has 0 saturated heterocycles. The summed E-state index contributed by atoms with van der Waals surface area (Å²) in [6, 6.07) is 17.7. The zero-order valence-electron chi connectivity index (χ0n) is 14.8. The Morgan fingerprint density at radius 2 is 1.96 bits per heavy atom. The fourth-order valence-corrected chi connectivity index (χ4v) is 4.40. The van der Waals surface area contributed by atoms with Gasteiger partial charge in [-0.3, -0.25) is 10.1 Å². The maximum Gasteiger partial charge on any atom is 0.257 e. The SMILES string of the molecule is COc1ccc2nc(NC(=O)c3ccc(CCc4cccs4)cc3)sc2c1. The fraction of sp³-hybridized carbons (Fsp3) is 0.143. The lowest BCUT2D eigenvalue weighted by Crippen LogP contribution is -2.11. The molecule has 2 aromatic heterocycles. The summed E-state index contributed by atoms with van der Waals surface area (Å²) in [5.74, 6) is 0.632. The van der Waals surface area contributed by atoms with Crippen LogP contribution >= 0.6 is 22.7 Å². The van der Waals surface area contributed by atoms with E-state index in [2.05, 4.69) is 27.8 Å². The van der Waals surface area contributed by atoms with Gasteiger partial charge in [-0.15, -0.1) is 11.3 Å². The van der Waals surface area contributed by atoms with Crippen LogP contribution in [0.4, 0.5) is 5.13 Å². The van der Waals surface area contributed by atoms with Gasteiger partial charge in [-0.05, 0) is 60.2 Å². The maximum absolute atomic E-state index is 12.5. The molecule has 27 heavy (non-hydrogen) atoms. The largest absolute Gasteiger partial charge is 0.497 e. The molecule has 1 N–H and O–H groups in total. The molecule has 0 radical (unpaired) electrons. The summed E-state index contributed by atoms with van der Waals surface area (Å²) >= 11 is 3.22. The number of carbonyl (C=O) groups excluding carboxylic acids is 1. The molecular weight excluding hydrogens is 376 g/mol. The summed E-state index contributed by atoms with van der Waals surface area (Å²) in [5.41, 5.74) is 2.71. The minimum absolute atomic E-state index is 0.147. The number of rotatable bonds is 6. The number of methoxy groups -OCH3 is 1. The number of hydrogen-bond acceptors (Lipinski definition) is 5. The number of aromatic nitrogens is 1. The number of thiazole rings is 1. The van der Waals surface area contributed by atoms with Crippen molar-refractivity contribution in [2.75, 3.05) is 12.4 Å². The van der Waals surface area contributed by atoms with E-state index in [1.807, 2.05) is 42.5 Å². The van der Waals surface area contributed by atoms with Crippen LogP contribution < -0.4 is 10.1 Å². The van der Waals surface area contributed by atoms with Gasteiger partial charge in [0.2, 0.25) is 0 Å². The smallest absolute Gasteiger partial charge is 0.257 e. The predicted molar refractivity (Wildman–Crippen MR) is 112 cm³/mol. The normalized spacial score (nSPS) is 10.9. The number of carbonyl (C=O) groups is 1. The molecule has 0 saturated carbocycles. The van der Waals surface area contributed by atoms with Crippen molar-refractivity contribution in [1.29, 1.82) is 0 Å². The van der Waals surface area contributed by atoms with Gasteiger partial charge in [0.25, 0.3) is 5.91 Å². The second kappa shape index (κ2) is 7.90. The van der Waals surface area contributed by atoms with Gasteiger partial charge < -0.3 is 4.74 Å². The van der Waals surface area contributed by atoms with Crippen LogP contribution in [-0.2, 0) is 12.8 Å². The number of thiophene rings is 1. The summed E-state index contributed by atoms with van der Waals surface area (Å²) in [5, 5.41) is 5.57. The van der Waals surface area contributed by atoms with Crippen molar-refractivity contribution >= 4 is 43.9 Å². The molecule has 0 fully saturated rings. The van der Waals surface area contributed by atoms with Crippen LogP contribution in [0, 0.1) is 0 Å². The minimum Gasteiger partial charge on any atom is -0.497 e. The first-order valence-corrected chi connectivity index (χ1v) is 10.3. The van der Waals surface area contributed by atoms with Crippen LogP contribution in [-0.4, -0.2) is 18.0 Å². The Balaban J connectivity index is 1.41. The Bertz CT molecular complexity index is 1050. The lowest BCUT2D eigenvalue weighted by Gasteiger charge is -2.04. The van der Waals surface area contributed by atoms with Crippen molar-refractivity contribution in [3.63, 3.8) is 0 Å². The van der Waals surface area contributed by atoms with E-state index in [1.54, 1.807) is 18.4 Å². The van der Waals surface area contributed by atoms with Gasteiger partial charge in [0, 0.05) is 10.4 Å². The summed E-state index contributed by atoms with van der Waals surface area (Å²) in [6.07, 6.45) is 2.00. The Kier molecular flexibility index (Phi) is 5.18. The van der Waals surface area contributed by atoms with Crippen molar-refractivity contribution in [2.24, 2.45) is 0 Å². The van der Waals surface area contributed by atoms with Crippen molar-refractivity contribution in [3.8, 4) is 5.75 Å². The van der Waals surface area contributed by atoms with Crippen molar-refractivity contribution in [2.45, 2.75) is 12.8 Å². The molecule has 2 aromatic carbocycles. The summed E-state index contributed by atoms with van der Waals surface area (Å²) in [6.45, 7) is 0.